The number of carbonyl (C=O) groups is 1. The van der Waals surface area contributed by atoms with Crippen molar-refractivity contribution >= 4 is 15.9 Å². The molecule has 0 bridgehead atoms. The molecule has 3 rings (SSSR count). The van der Waals surface area contributed by atoms with Crippen LogP contribution in [0.5, 0.6) is 11.5 Å². The normalized spacial score (nSPS) is 15.6. The summed E-state index contributed by atoms with van der Waals surface area (Å²) in [6, 6.07) is 12.5. The molecule has 0 aliphatic carbocycles. The molecule has 0 saturated carbocycles. The number of benzene rings is 2. The van der Waals surface area contributed by atoms with Gasteiger partial charge in [0.25, 0.3) is 0 Å². The van der Waals surface area contributed by atoms with Crippen LogP contribution in [0.2, 0.25) is 0 Å². The standard InChI is InChI=1S/C25H34N2O5S/c1-4-23(19-8-11-21(31-2)12-9-19)26-25(28)15-10-20-18-22(13-14-24(20)32-3)33(29,30)27-16-6-5-7-17-27/h8-9,11-14,18,23H,4-7,10,15-17H2,1-3H3,(H,26,28)/t23-/m0/s1. The number of nitrogens with one attached hydrogen (secondary N) is 1. The lowest BCUT2D eigenvalue weighted by Crippen LogP contribution is -2.35. The highest BCUT2D eigenvalue weighted by Gasteiger charge is 2.26. The van der Waals surface area contributed by atoms with Crippen LogP contribution in [-0.2, 0) is 21.2 Å². The Kier molecular flexibility index (Phi) is 8.74. The van der Waals surface area contributed by atoms with Crippen LogP contribution in [0.1, 0.15) is 56.2 Å². The predicted molar refractivity (Wildman–Crippen MR) is 128 cm³/mol. The lowest BCUT2D eigenvalue weighted by Gasteiger charge is -2.26. The van der Waals surface area contributed by atoms with Crippen molar-refractivity contribution in [3.63, 3.8) is 0 Å². The van der Waals surface area contributed by atoms with E-state index in [1.165, 1.54) is 0 Å². The van der Waals surface area contributed by atoms with Gasteiger partial charge in [-0.3, -0.25) is 4.79 Å². The Labute approximate surface area is 197 Å². The van der Waals surface area contributed by atoms with Gasteiger partial charge in [-0.2, -0.15) is 4.31 Å². The molecule has 1 heterocycles. The first-order valence-corrected chi connectivity index (χ1v) is 12.9. The molecule has 1 amide bonds. The summed E-state index contributed by atoms with van der Waals surface area (Å²) in [5, 5.41) is 3.08. The summed E-state index contributed by atoms with van der Waals surface area (Å²) in [5.41, 5.74) is 1.72. The molecule has 0 unspecified atom stereocenters. The van der Waals surface area contributed by atoms with Crippen molar-refractivity contribution in [1.82, 2.24) is 9.62 Å². The minimum Gasteiger partial charge on any atom is -0.497 e. The smallest absolute Gasteiger partial charge is 0.243 e. The maximum atomic E-state index is 13.1. The molecule has 0 aromatic heterocycles. The monoisotopic (exact) mass is 474 g/mol. The number of hydrogen-bond acceptors (Lipinski definition) is 5. The van der Waals surface area contributed by atoms with Gasteiger partial charge in [-0.15, -0.1) is 0 Å². The van der Waals surface area contributed by atoms with Crippen LogP contribution < -0.4 is 14.8 Å². The first-order chi connectivity index (χ1) is 15.9. The van der Waals surface area contributed by atoms with Crippen LogP contribution in [-0.4, -0.2) is 45.9 Å². The number of carbonyl (C=O) groups excluding carboxylic acids is 1. The van der Waals surface area contributed by atoms with Crippen LogP contribution >= 0.6 is 0 Å². The average Bonchev–Trinajstić information content (AvgIpc) is 2.86. The number of rotatable bonds is 10. The van der Waals surface area contributed by atoms with Crippen molar-refractivity contribution in [2.75, 3.05) is 27.3 Å². The molecule has 0 spiro atoms. The molecule has 2 aromatic rings. The maximum absolute atomic E-state index is 13.1. The van der Waals surface area contributed by atoms with E-state index in [2.05, 4.69) is 5.32 Å². The van der Waals surface area contributed by atoms with E-state index < -0.39 is 10.0 Å². The zero-order valence-electron chi connectivity index (χ0n) is 19.7. The number of aryl methyl sites for hydroxylation is 1. The van der Waals surface area contributed by atoms with Crippen LogP contribution in [0.25, 0.3) is 0 Å². The fourth-order valence-electron chi connectivity index (χ4n) is 4.14. The number of sulfonamides is 1. The quantitative estimate of drug-likeness (QED) is 0.561. The Morgan fingerprint density at radius 3 is 2.33 bits per heavy atom. The first-order valence-electron chi connectivity index (χ1n) is 11.5. The Morgan fingerprint density at radius 2 is 1.73 bits per heavy atom. The van der Waals surface area contributed by atoms with E-state index in [0.717, 1.165) is 37.0 Å². The molecule has 0 radical (unpaired) electrons. The van der Waals surface area contributed by atoms with Crippen molar-refractivity contribution in [3.05, 3.63) is 53.6 Å². The first kappa shape index (κ1) is 25.1. The number of methoxy groups -OCH3 is 2. The Balaban J connectivity index is 1.68. The second-order valence-corrected chi connectivity index (χ2v) is 10.2. The highest BCUT2D eigenvalue weighted by atomic mass is 32.2. The van der Waals surface area contributed by atoms with E-state index in [1.54, 1.807) is 36.7 Å². The largest absolute Gasteiger partial charge is 0.497 e. The molecule has 1 N–H and O–H groups in total. The van der Waals surface area contributed by atoms with Crippen LogP contribution in [0, 0.1) is 0 Å². The molecule has 8 heteroatoms. The summed E-state index contributed by atoms with van der Waals surface area (Å²) < 4.78 is 38.3. The van der Waals surface area contributed by atoms with E-state index in [4.69, 9.17) is 9.47 Å². The fraction of sp³-hybridized carbons (Fsp3) is 0.480. The van der Waals surface area contributed by atoms with Gasteiger partial charge in [-0.1, -0.05) is 25.5 Å². The van der Waals surface area contributed by atoms with E-state index in [-0.39, 0.29) is 23.3 Å². The van der Waals surface area contributed by atoms with Crippen molar-refractivity contribution in [1.29, 1.82) is 0 Å². The third kappa shape index (κ3) is 6.26. The number of piperidine rings is 1. The number of hydrogen-bond donors (Lipinski definition) is 1. The third-order valence-electron chi connectivity index (χ3n) is 6.09. The van der Waals surface area contributed by atoms with E-state index in [9.17, 15) is 13.2 Å². The number of nitrogens with zero attached hydrogens (tertiary/aromatic N) is 1. The molecule has 1 aliphatic rings. The minimum atomic E-state index is -3.55. The third-order valence-corrected chi connectivity index (χ3v) is 7.98. The van der Waals surface area contributed by atoms with E-state index in [0.29, 0.717) is 30.8 Å². The molecule has 33 heavy (non-hydrogen) atoms. The molecule has 1 saturated heterocycles. The SMILES string of the molecule is CC[C@H](NC(=O)CCc1cc(S(=O)(=O)N2CCCCC2)ccc1OC)c1ccc(OC)cc1. The Bertz CT molecular complexity index is 1030. The molecule has 7 nitrogen and oxygen atoms in total. The lowest BCUT2D eigenvalue weighted by atomic mass is 10.0. The summed E-state index contributed by atoms with van der Waals surface area (Å²) in [6.07, 6.45) is 4.20. The van der Waals surface area contributed by atoms with E-state index >= 15 is 0 Å². The zero-order valence-corrected chi connectivity index (χ0v) is 20.5. The Morgan fingerprint density at radius 1 is 1.03 bits per heavy atom. The second kappa shape index (κ2) is 11.5. The topological polar surface area (TPSA) is 84.9 Å². The van der Waals surface area contributed by atoms with Crippen LogP contribution in [0.15, 0.2) is 47.4 Å². The van der Waals surface area contributed by atoms with Gasteiger partial charge in [-0.05, 0) is 67.1 Å². The molecule has 1 atom stereocenters. The summed E-state index contributed by atoms with van der Waals surface area (Å²) >= 11 is 0. The maximum Gasteiger partial charge on any atom is 0.243 e. The van der Waals surface area contributed by atoms with E-state index in [1.807, 2.05) is 31.2 Å². The van der Waals surface area contributed by atoms with Gasteiger partial charge in [-0.25, -0.2) is 8.42 Å². The van der Waals surface area contributed by atoms with Gasteiger partial charge in [0.15, 0.2) is 0 Å². The predicted octanol–water partition coefficient (Wildman–Crippen LogP) is 4.08. The van der Waals surface area contributed by atoms with Gasteiger partial charge in [0.1, 0.15) is 11.5 Å². The molecule has 180 valence electrons. The fourth-order valence-corrected chi connectivity index (χ4v) is 5.71. The molecule has 1 aliphatic heterocycles. The van der Waals surface area contributed by atoms with Crippen molar-refractivity contribution < 1.29 is 22.7 Å². The van der Waals surface area contributed by atoms with Gasteiger partial charge in [0.05, 0.1) is 25.2 Å². The summed E-state index contributed by atoms with van der Waals surface area (Å²) in [7, 11) is -0.376. The average molecular weight is 475 g/mol. The Hall–Kier alpha value is -2.58. The number of ether oxygens (including phenoxy) is 2. The molecular formula is C25H34N2O5S. The second-order valence-electron chi connectivity index (χ2n) is 8.24. The van der Waals surface area contributed by atoms with Gasteiger partial charge >= 0.3 is 0 Å². The van der Waals surface area contributed by atoms with Crippen molar-refractivity contribution in [2.45, 2.75) is 56.4 Å². The number of amides is 1. The van der Waals surface area contributed by atoms with Gasteiger partial charge in [0.2, 0.25) is 15.9 Å². The van der Waals surface area contributed by atoms with Gasteiger partial charge in [0, 0.05) is 19.5 Å². The summed E-state index contributed by atoms with van der Waals surface area (Å²) in [4.78, 5) is 13.0. The van der Waals surface area contributed by atoms with Crippen LogP contribution in [0.4, 0.5) is 0 Å². The summed E-state index contributed by atoms with van der Waals surface area (Å²) in [6.45, 7) is 3.12. The molecule has 2 aromatic carbocycles. The lowest BCUT2D eigenvalue weighted by molar-refractivity contribution is -0.121. The molecule has 1 fully saturated rings. The zero-order chi connectivity index (χ0) is 23.8. The van der Waals surface area contributed by atoms with Crippen molar-refractivity contribution in [3.8, 4) is 11.5 Å². The van der Waals surface area contributed by atoms with Gasteiger partial charge < -0.3 is 14.8 Å². The van der Waals surface area contributed by atoms with Crippen LogP contribution in [0.3, 0.4) is 0 Å². The van der Waals surface area contributed by atoms with Crippen molar-refractivity contribution in [2.24, 2.45) is 0 Å². The summed E-state index contributed by atoms with van der Waals surface area (Å²) in [5.74, 6) is 1.26. The highest BCUT2D eigenvalue weighted by Crippen LogP contribution is 2.27. The molecular weight excluding hydrogens is 440 g/mol. The minimum absolute atomic E-state index is 0.0935. The highest BCUT2D eigenvalue weighted by molar-refractivity contribution is 7.89.